The predicted molar refractivity (Wildman–Crippen MR) is 73.9 cm³/mol. The van der Waals surface area contributed by atoms with Gasteiger partial charge in [-0.25, -0.2) is 4.98 Å². The van der Waals surface area contributed by atoms with Crippen molar-refractivity contribution in [2.75, 3.05) is 26.7 Å². The smallest absolute Gasteiger partial charge is 0.255 e. The van der Waals surface area contributed by atoms with Crippen molar-refractivity contribution in [1.29, 1.82) is 0 Å². The Labute approximate surface area is 118 Å². The van der Waals surface area contributed by atoms with E-state index in [0.717, 1.165) is 26.1 Å². The second-order valence-corrected chi connectivity index (χ2v) is 5.86. The number of pyridine rings is 1. The van der Waals surface area contributed by atoms with E-state index < -0.39 is 5.95 Å². The van der Waals surface area contributed by atoms with Gasteiger partial charge in [-0.05, 0) is 50.9 Å². The normalized spacial score (nSPS) is 27.2. The number of carbonyl (C=O) groups is 1. The Kier molecular flexibility index (Phi) is 3.70. The summed E-state index contributed by atoms with van der Waals surface area (Å²) in [5, 5.41) is 0. The van der Waals surface area contributed by atoms with E-state index in [1.165, 1.54) is 31.2 Å². The number of rotatable bonds is 1. The number of nitrogens with zero attached hydrogens (tertiary/aromatic N) is 3. The van der Waals surface area contributed by atoms with E-state index >= 15 is 0 Å². The molecule has 0 radical (unpaired) electrons. The molecule has 1 aromatic rings. The van der Waals surface area contributed by atoms with Gasteiger partial charge in [0.1, 0.15) is 0 Å². The first-order valence-electron chi connectivity index (χ1n) is 7.26. The molecule has 3 heterocycles. The summed E-state index contributed by atoms with van der Waals surface area (Å²) in [5.74, 6) is -0.00167. The van der Waals surface area contributed by atoms with E-state index in [9.17, 15) is 9.18 Å². The quantitative estimate of drug-likeness (QED) is 0.734. The molecular formula is C15H20FN3O. The fourth-order valence-electron chi connectivity index (χ4n) is 3.52. The number of fused-ring (bicyclic) bond motifs is 1. The second-order valence-electron chi connectivity index (χ2n) is 5.86. The first kappa shape index (κ1) is 13.5. The number of likely N-dealkylation sites (tertiary alicyclic amines) is 2. The van der Waals surface area contributed by atoms with Crippen molar-refractivity contribution in [3.63, 3.8) is 0 Å². The Morgan fingerprint density at radius 3 is 2.95 bits per heavy atom. The average Bonchev–Trinajstić information content (AvgIpc) is 2.47. The standard InChI is InChI=1S/C15H20FN3O/c1-18-7-2-3-12-10-19(8-6-13(12)18)15(20)11-4-5-14(16)17-9-11/h4-5,9,12-13H,2-3,6-8,10H2,1H3. The maximum absolute atomic E-state index is 12.8. The van der Waals surface area contributed by atoms with Crippen LogP contribution in [-0.4, -0.2) is 53.4 Å². The number of hydrogen-bond donors (Lipinski definition) is 0. The molecule has 5 heteroatoms. The molecule has 1 amide bonds. The number of carbonyl (C=O) groups excluding carboxylic acids is 1. The molecular weight excluding hydrogens is 257 g/mol. The van der Waals surface area contributed by atoms with Gasteiger partial charge in [0, 0.05) is 25.3 Å². The van der Waals surface area contributed by atoms with Gasteiger partial charge in [-0.15, -0.1) is 0 Å². The molecule has 0 saturated carbocycles. The fraction of sp³-hybridized carbons (Fsp3) is 0.600. The molecule has 2 fully saturated rings. The van der Waals surface area contributed by atoms with Gasteiger partial charge < -0.3 is 9.80 Å². The van der Waals surface area contributed by atoms with Gasteiger partial charge in [-0.3, -0.25) is 4.79 Å². The van der Waals surface area contributed by atoms with Gasteiger partial charge in [0.05, 0.1) is 5.56 Å². The monoisotopic (exact) mass is 277 g/mol. The first-order valence-corrected chi connectivity index (χ1v) is 7.26. The molecule has 0 N–H and O–H groups in total. The van der Waals surface area contributed by atoms with Crippen LogP contribution in [0, 0.1) is 11.9 Å². The average molecular weight is 277 g/mol. The minimum absolute atomic E-state index is 0.0239. The summed E-state index contributed by atoms with van der Waals surface area (Å²) in [6, 6.07) is 3.37. The molecule has 2 saturated heterocycles. The lowest BCUT2D eigenvalue weighted by atomic mass is 9.84. The molecule has 1 aromatic heterocycles. The molecule has 3 rings (SSSR count). The number of amides is 1. The topological polar surface area (TPSA) is 36.4 Å². The third-order valence-electron chi connectivity index (χ3n) is 4.61. The highest BCUT2D eigenvalue weighted by molar-refractivity contribution is 5.93. The minimum Gasteiger partial charge on any atom is -0.338 e. The third kappa shape index (κ3) is 2.54. The molecule has 0 bridgehead atoms. The van der Waals surface area contributed by atoms with Gasteiger partial charge in [0.2, 0.25) is 5.95 Å². The Hall–Kier alpha value is -1.49. The number of piperidine rings is 2. The molecule has 0 spiro atoms. The number of halogens is 1. The first-order chi connectivity index (χ1) is 9.65. The summed E-state index contributed by atoms with van der Waals surface area (Å²) < 4.78 is 12.8. The van der Waals surface area contributed by atoms with Gasteiger partial charge in [0.25, 0.3) is 5.91 Å². The molecule has 0 aromatic carbocycles. The molecule has 4 nitrogen and oxygen atoms in total. The van der Waals surface area contributed by atoms with Crippen molar-refractivity contribution in [1.82, 2.24) is 14.8 Å². The van der Waals surface area contributed by atoms with E-state index in [0.29, 0.717) is 17.5 Å². The highest BCUT2D eigenvalue weighted by Gasteiger charge is 2.35. The summed E-state index contributed by atoms with van der Waals surface area (Å²) >= 11 is 0. The highest BCUT2D eigenvalue weighted by atomic mass is 19.1. The third-order valence-corrected chi connectivity index (χ3v) is 4.61. The largest absolute Gasteiger partial charge is 0.338 e. The van der Waals surface area contributed by atoms with Crippen LogP contribution in [0.15, 0.2) is 18.3 Å². The Balaban J connectivity index is 1.69. The SMILES string of the molecule is CN1CCCC2CN(C(=O)c3ccc(F)nc3)CCC21. The van der Waals surface area contributed by atoms with Crippen molar-refractivity contribution in [2.24, 2.45) is 5.92 Å². The van der Waals surface area contributed by atoms with E-state index in [4.69, 9.17) is 0 Å². The molecule has 108 valence electrons. The molecule has 2 aliphatic rings. The highest BCUT2D eigenvalue weighted by Crippen LogP contribution is 2.30. The van der Waals surface area contributed by atoms with Crippen LogP contribution in [0.3, 0.4) is 0 Å². The zero-order valence-corrected chi connectivity index (χ0v) is 11.8. The molecule has 0 aliphatic carbocycles. The van der Waals surface area contributed by atoms with Gasteiger partial charge in [-0.2, -0.15) is 4.39 Å². The summed E-state index contributed by atoms with van der Waals surface area (Å²) in [5.41, 5.74) is 0.481. The summed E-state index contributed by atoms with van der Waals surface area (Å²) in [7, 11) is 2.18. The van der Waals surface area contributed by atoms with Crippen molar-refractivity contribution >= 4 is 5.91 Å². The lowest BCUT2D eigenvalue weighted by molar-refractivity contribution is 0.0316. The summed E-state index contributed by atoms with van der Waals surface area (Å²) in [6.07, 6.45) is 4.76. The minimum atomic E-state index is -0.547. The lowest BCUT2D eigenvalue weighted by Crippen LogP contribution is -2.53. The number of aromatic nitrogens is 1. The van der Waals surface area contributed by atoms with Crippen molar-refractivity contribution in [3.8, 4) is 0 Å². The van der Waals surface area contributed by atoms with Crippen LogP contribution in [0.25, 0.3) is 0 Å². The zero-order valence-electron chi connectivity index (χ0n) is 11.8. The van der Waals surface area contributed by atoms with Crippen molar-refractivity contribution < 1.29 is 9.18 Å². The Morgan fingerprint density at radius 1 is 1.35 bits per heavy atom. The summed E-state index contributed by atoms with van der Waals surface area (Å²) in [6.45, 7) is 2.75. The molecule has 20 heavy (non-hydrogen) atoms. The Morgan fingerprint density at radius 2 is 2.20 bits per heavy atom. The van der Waals surface area contributed by atoms with Crippen LogP contribution in [0.1, 0.15) is 29.6 Å². The van der Waals surface area contributed by atoms with Crippen LogP contribution in [0.4, 0.5) is 4.39 Å². The maximum Gasteiger partial charge on any atom is 0.255 e. The fourth-order valence-corrected chi connectivity index (χ4v) is 3.52. The van der Waals surface area contributed by atoms with Crippen LogP contribution < -0.4 is 0 Å². The van der Waals surface area contributed by atoms with E-state index in [1.54, 1.807) is 0 Å². The predicted octanol–water partition coefficient (Wildman–Crippen LogP) is 1.78. The zero-order chi connectivity index (χ0) is 14.1. The maximum atomic E-state index is 12.8. The van der Waals surface area contributed by atoms with Crippen LogP contribution in [0.2, 0.25) is 0 Å². The van der Waals surface area contributed by atoms with E-state index in [1.807, 2.05) is 4.90 Å². The van der Waals surface area contributed by atoms with Crippen LogP contribution in [-0.2, 0) is 0 Å². The second kappa shape index (κ2) is 5.48. The van der Waals surface area contributed by atoms with E-state index in [-0.39, 0.29) is 5.91 Å². The van der Waals surface area contributed by atoms with Crippen molar-refractivity contribution in [2.45, 2.75) is 25.3 Å². The Bertz CT molecular complexity index is 490. The van der Waals surface area contributed by atoms with Gasteiger partial charge in [-0.1, -0.05) is 0 Å². The van der Waals surface area contributed by atoms with Crippen LogP contribution >= 0.6 is 0 Å². The number of hydrogen-bond acceptors (Lipinski definition) is 3. The van der Waals surface area contributed by atoms with Gasteiger partial charge in [0.15, 0.2) is 0 Å². The van der Waals surface area contributed by atoms with Gasteiger partial charge >= 0.3 is 0 Å². The lowest BCUT2D eigenvalue weighted by Gasteiger charge is -2.45. The molecule has 2 unspecified atom stereocenters. The van der Waals surface area contributed by atoms with E-state index in [2.05, 4.69) is 16.9 Å². The summed E-state index contributed by atoms with van der Waals surface area (Å²) in [4.78, 5) is 20.3. The molecule has 2 atom stereocenters. The van der Waals surface area contributed by atoms with Crippen LogP contribution in [0.5, 0.6) is 0 Å². The molecule has 2 aliphatic heterocycles. The van der Waals surface area contributed by atoms with Crippen molar-refractivity contribution in [3.05, 3.63) is 29.8 Å².